The Morgan fingerprint density at radius 3 is 1.38 bits per heavy atom. The molecule has 1 heteroatoms. The molecule has 0 aromatic heterocycles. The first kappa shape index (κ1) is 21.0. The number of nitrogens with one attached hydrogen (secondary N) is 1. The van der Waals surface area contributed by atoms with Gasteiger partial charge in [-0.1, -0.05) is 104 Å². The van der Waals surface area contributed by atoms with Gasteiger partial charge in [0, 0.05) is 6.04 Å². The first-order chi connectivity index (χ1) is 10.3. The van der Waals surface area contributed by atoms with Crippen molar-refractivity contribution in [3.63, 3.8) is 0 Å². The maximum Gasteiger partial charge on any atom is 0.00643 e. The van der Waals surface area contributed by atoms with Crippen molar-refractivity contribution in [1.82, 2.24) is 5.32 Å². The van der Waals surface area contributed by atoms with Gasteiger partial charge in [0.15, 0.2) is 0 Å². The van der Waals surface area contributed by atoms with Gasteiger partial charge in [-0.15, -0.1) is 0 Å². The van der Waals surface area contributed by atoms with E-state index in [1.165, 1.54) is 96.3 Å². The average molecular weight is 298 g/mol. The Hall–Kier alpha value is -0.0400. The standard InChI is InChI=1S/C20H43N/c1-4-7-8-9-10-11-12-13-14-15-16-17-18-19-20(5-2)21-6-3/h20-21H,4-19H2,1-3H3. The largest absolute Gasteiger partial charge is 0.314 e. The van der Waals surface area contributed by atoms with Crippen LogP contribution >= 0.6 is 0 Å². The minimum atomic E-state index is 0.766. The molecule has 0 bridgehead atoms. The van der Waals surface area contributed by atoms with Gasteiger partial charge in [-0.2, -0.15) is 0 Å². The fourth-order valence-electron chi connectivity index (χ4n) is 3.15. The predicted octanol–water partition coefficient (Wildman–Crippen LogP) is 6.86. The summed E-state index contributed by atoms with van der Waals surface area (Å²) in [5, 5.41) is 3.58. The molecular weight excluding hydrogens is 254 g/mol. The monoisotopic (exact) mass is 297 g/mol. The van der Waals surface area contributed by atoms with E-state index < -0.39 is 0 Å². The molecule has 1 nitrogen and oxygen atoms in total. The molecule has 0 aromatic carbocycles. The van der Waals surface area contributed by atoms with Gasteiger partial charge >= 0.3 is 0 Å². The van der Waals surface area contributed by atoms with Crippen molar-refractivity contribution in [2.24, 2.45) is 0 Å². The molecule has 0 radical (unpaired) electrons. The fourth-order valence-corrected chi connectivity index (χ4v) is 3.15. The second-order valence-electron chi connectivity index (χ2n) is 6.69. The molecule has 0 saturated heterocycles. The zero-order chi connectivity index (χ0) is 15.6. The van der Waals surface area contributed by atoms with Gasteiger partial charge in [0.1, 0.15) is 0 Å². The van der Waals surface area contributed by atoms with E-state index in [-0.39, 0.29) is 0 Å². The second-order valence-corrected chi connectivity index (χ2v) is 6.69. The van der Waals surface area contributed by atoms with Crippen molar-refractivity contribution in [1.29, 1.82) is 0 Å². The van der Waals surface area contributed by atoms with E-state index in [0.29, 0.717) is 0 Å². The molecule has 0 aliphatic rings. The smallest absolute Gasteiger partial charge is 0.00643 e. The van der Waals surface area contributed by atoms with Crippen LogP contribution in [0.3, 0.4) is 0 Å². The Bertz CT molecular complexity index is 179. The molecule has 0 aliphatic heterocycles. The first-order valence-electron chi connectivity index (χ1n) is 10.1. The molecule has 0 rings (SSSR count). The van der Waals surface area contributed by atoms with E-state index in [0.717, 1.165) is 12.6 Å². The predicted molar refractivity (Wildman–Crippen MR) is 98.1 cm³/mol. The van der Waals surface area contributed by atoms with E-state index >= 15 is 0 Å². The Morgan fingerprint density at radius 2 is 1.00 bits per heavy atom. The molecule has 1 unspecified atom stereocenters. The molecule has 1 N–H and O–H groups in total. The summed E-state index contributed by atoms with van der Waals surface area (Å²) < 4.78 is 0. The lowest BCUT2D eigenvalue weighted by Crippen LogP contribution is -2.27. The summed E-state index contributed by atoms with van der Waals surface area (Å²) in [5.41, 5.74) is 0. The van der Waals surface area contributed by atoms with E-state index in [2.05, 4.69) is 26.1 Å². The zero-order valence-electron chi connectivity index (χ0n) is 15.4. The van der Waals surface area contributed by atoms with Crippen LogP contribution in [0.4, 0.5) is 0 Å². The minimum Gasteiger partial charge on any atom is -0.314 e. The van der Waals surface area contributed by atoms with E-state index in [1.54, 1.807) is 0 Å². The molecule has 128 valence electrons. The molecular formula is C20H43N. The lowest BCUT2D eigenvalue weighted by molar-refractivity contribution is 0.450. The van der Waals surface area contributed by atoms with Crippen LogP contribution < -0.4 is 5.32 Å². The first-order valence-corrected chi connectivity index (χ1v) is 10.1. The lowest BCUT2D eigenvalue weighted by Gasteiger charge is -2.15. The number of hydrogen-bond donors (Lipinski definition) is 1. The van der Waals surface area contributed by atoms with Crippen molar-refractivity contribution < 1.29 is 0 Å². The molecule has 0 saturated carbocycles. The molecule has 0 fully saturated rings. The van der Waals surface area contributed by atoms with Crippen LogP contribution in [0.25, 0.3) is 0 Å². The SMILES string of the molecule is CCCCCCCCCCCCCCCC(CC)NCC. The Kier molecular flexibility index (Phi) is 18.0. The van der Waals surface area contributed by atoms with Gasteiger partial charge in [0.2, 0.25) is 0 Å². The van der Waals surface area contributed by atoms with Gasteiger partial charge in [-0.25, -0.2) is 0 Å². The Labute approximate surface area is 135 Å². The van der Waals surface area contributed by atoms with Crippen molar-refractivity contribution in [2.75, 3.05) is 6.54 Å². The fraction of sp³-hybridized carbons (Fsp3) is 1.00. The molecule has 0 heterocycles. The van der Waals surface area contributed by atoms with Crippen molar-refractivity contribution in [2.45, 2.75) is 123 Å². The highest BCUT2D eigenvalue weighted by Gasteiger charge is 2.02. The maximum absolute atomic E-state index is 3.58. The van der Waals surface area contributed by atoms with E-state index in [9.17, 15) is 0 Å². The van der Waals surface area contributed by atoms with Gasteiger partial charge in [0.05, 0.1) is 0 Å². The number of unbranched alkanes of at least 4 members (excludes halogenated alkanes) is 12. The summed E-state index contributed by atoms with van der Waals surface area (Å²) in [7, 11) is 0. The summed E-state index contributed by atoms with van der Waals surface area (Å²) in [6.45, 7) is 7.93. The highest BCUT2D eigenvalue weighted by Crippen LogP contribution is 2.13. The number of rotatable bonds is 17. The lowest BCUT2D eigenvalue weighted by atomic mass is 10.0. The third-order valence-corrected chi connectivity index (χ3v) is 4.64. The second kappa shape index (κ2) is 18.0. The Morgan fingerprint density at radius 1 is 0.571 bits per heavy atom. The maximum atomic E-state index is 3.58. The molecule has 0 spiro atoms. The van der Waals surface area contributed by atoms with Gasteiger partial charge < -0.3 is 5.32 Å². The van der Waals surface area contributed by atoms with Crippen LogP contribution in [-0.4, -0.2) is 12.6 Å². The van der Waals surface area contributed by atoms with Crippen molar-refractivity contribution in [3.05, 3.63) is 0 Å². The molecule has 1 atom stereocenters. The highest BCUT2D eigenvalue weighted by atomic mass is 14.9. The van der Waals surface area contributed by atoms with Gasteiger partial charge in [-0.3, -0.25) is 0 Å². The summed E-state index contributed by atoms with van der Waals surface area (Å²) >= 11 is 0. The van der Waals surface area contributed by atoms with Crippen LogP contribution in [0, 0.1) is 0 Å². The summed E-state index contributed by atoms with van der Waals surface area (Å²) in [6, 6.07) is 0.766. The van der Waals surface area contributed by atoms with Crippen molar-refractivity contribution in [3.8, 4) is 0 Å². The highest BCUT2D eigenvalue weighted by molar-refractivity contribution is 4.63. The van der Waals surface area contributed by atoms with Crippen LogP contribution in [0.1, 0.15) is 117 Å². The molecule has 0 aromatic rings. The Balaban J connectivity index is 3.08. The van der Waals surface area contributed by atoms with E-state index in [4.69, 9.17) is 0 Å². The van der Waals surface area contributed by atoms with Gasteiger partial charge in [0.25, 0.3) is 0 Å². The quantitative estimate of drug-likeness (QED) is 0.289. The average Bonchev–Trinajstić information content (AvgIpc) is 2.50. The normalized spacial score (nSPS) is 12.7. The molecule has 21 heavy (non-hydrogen) atoms. The summed E-state index contributed by atoms with van der Waals surface area (Å²) in [4.78, 5) is 0. The van der Waals surface area contributed by atoms with Crippen LogP contribution in [-0.2, 0) is 0 Å². The molecule has 0 amide bonds. The topological polar surface area (TPSA) is 12.0 Å². The zero-order valence-corrected chi connectivity index (χ0v) is 15.4. The third-order valence-electron chi connectivity index (χ3n) is 4.64. The van der Waals surface area contributed by atoms with Crippen LogP contribution in [0.2, 0.25) is 0 Å². The number of hydrogen-bond acceptors (Lipinski definition) is 1. The van der Waals surface area contributed by atoms with Crippen LogP contribution in [0.5, 0.6) is 0 Å². The van der Waals surface area contributed by atoms with Crippen LogP contribution in [0.15, 0.2) is 0 Å². The summed E-state index contributed by atoms with van der Waals surface area (Å²) in [6.07, 6.45) is 21.6. The minimum absolute atomic E-state index is 0.766. The summed E-state index contributed by atoms with van der Waals surface area (Å²) in [5.74, 6) is 0. The third kappa shape index (κ3) is 16.2. The molecule has 0 aliphatic carbocycles. The van der Waals surface area contributed by atoms with Gasteiger partial charge in [-0.05, 0) is 19.4 Å². The van der Waals surface area contributed by atoms with Crippen molar-refractivity contribution >= 4 is 0 Å². The van der Waals surface area contributed by atoms with E-state index in [1.807, 2.05) is 0 Å².